The molecule has 0 radical (unpaired) electrons. The van der Waals surface area contributed by atoms with Crippen LogP contribution < -0.4 is 5.73 Å². The normalized spacial score (nSPS) is 10.4. The van der Waals surface area contributed by atoms with E-state index in [-0.39, 0.29) is 5.78 Å². The summed E-state index contributed by atoms with van der Waals surface area (Å²) in [6.07, 6.45) is 1.73. The molecule has 16 heavy (non-hydrogen) atoms. The van der Waals surface area contributed by atoms with Crippen molar-refractivity contribution in [2.45, 2.75) is 0 Å². The molecule has 0 aliphatic carbocycles. The smallest absolute Gasteiger partial charge is 0.213 e. The SMILES string of the molecule is Cn1ccc(C(=O)c2cc(N)cc(Br)c2)n1. The predicted molar refractivity (Wildman–Crippen MR) is 65.2 cm³/mol. The number of benzene rings is 1. The van der Waals surface area contributed by atoms with E-state index in [0.29, 0.717) is 16.9 Å². The van der Waals surface area contributed by atoms with Crippen molar-refractivity contribution in [3.63, 3.8) is 0 Å². The first-order valence-electron chi connectivity index (χ1n) is 4.66. The molecule has 1 aromatic heterocycles. The van der Waals surface area contributed by atoms with E-state index in [1.807, 2.05) is 0 Å². The minimum atomic E-state index is -0.131. The van der Waals surface area contributed by atoms with Crippen molar-refractivity contribution in [3.8, 4) is 0 Å². The highest BCUT2D eigenvalue weighted by Crippen LogP contribution is 2.19. The molecular weight excluding hydrogens is 270 g/mol. The molecule has 0 saturated carbocycles. The second-order valence-electron chi connectivity index (χ2n) is 3.48. The fourth-order valence-corrected chi connectivity index (χ4v) is 1.94. The summed E-state index contributed by atoms with van der Waals surface area (Å²) >= 11 is 3.30. The van der Waals surface area contributed by atoms with Crippen LogP contribution in [0.5, 0.6) is 0 Å². The molecule has 82 valence electrons. The maximum atomic E-state index is 12.0. The third-order valence-corrected chi connectivity index (χ3v) is 2.59. The van der Waals surface area contributed by atoms with Crippen molar-refractivity contribution < 1.29 is 4.79 Å². The van der Waals surface area contributed by atoms with E-state index < -0.39 is 0 Å². The van der Waals surface area contributed by atoms with Crippen LogP contribution in [0.15, 0.2) is 34.9 Å². The third kappa shape index (κ3) is 2.14. The van der Waals surface area contributed by atoms with E-state index in [0.717, 1.165) is 4.47 Å². The number of ketones is 1. The van der Waals surface area contributed by atoms with Crippen molar-refractivity contribution in [2.24, 2.45) is 7.05 Å². The Hall–Kier alpha value is -1.62. The van der Waals surface area contributed by atoms with E-state index in [2.05, 4.69) is 21.0 Å². The van der Waals surface area contributed by atoms with Crippen LogP contribution in [0.4, 0.5) is 5.69 Å². The Bertz CT molecular complexity index is 528. The lowest BCUT2D eigenvalue weighted by Gasteiger charge is -2.01. The number of nitrogen functional groups attached to an aromatic ring is 1. The summed E-state index contributed by atoms with van der Waals surface area (Å²) in [5, 5.41) is 4.06. The molecule has 0 fully saturated rings. The Morgan fingerprint density at radius 3 is 2.75 bits per heavy atom. The van der Waals surface area contributed by atoms with Crippen LogP contribution in [0.1, 0.15) is 16.1 Å². The van der Waals surface area contributed by atoms with Crippen molar-refractivity contribution >= 4 is 27.4 Å². The van der Waals surface area contributed by atoms with E-state index in [1.165, 1.54) is 0 Å². The molecule has 0 spiro atoms. The number of nitrogens with two attached hydrogens (primary N) is 1. The molecule has 0 amide bonds. The predicted octanol–water partition coefficient (Wildman–Crippen LogP) is 2.00. The molecule has 1 heterocycles. The molecule has 2 N–H and O–H groups in total. The van der Waals surface area contributed by atoms with Gasteiger partial charge in [-0.05, 0) is 24.3 Å². The highest BCUT2D eigenvalue weighted by Gasteiger charge is 2.12. The number of aromatic nitrogens is 2. The van der Waals surface area contributed by atoms with Crippen molar-refractivity contribution in [3.05, 3.63) is 46.2 Å². The third-order valence-electron chi connectivity index (χ3n) is 2.13. The van der Waals surface area contributed by atoms with Gasteiger partial charge in [-0.2, -0.15) is 5.10 Å². The summed E-state index contributed by atoms with van der Waals surface area (Å²) in [6.45, 7) is 0. The second kappa shape index (κ2) is 4.09. The van der Waals surface area contributed by atoms with Gasteiger partial charge in [0, 0.05) is 29.0 Å². The zero-order valence-corrected chi connectivity index (χ0v) is 10.2. The van der Waals surface area contributed by atoms with Crippen LogP contribution in [0.2, 0.25) is 0 Å². The second-order valence-corrected chi connectivity index (χ2v) is 4.39. The molecular formula is C11H10BrN3O. The molecule has 5 heteroatoms. The summed E-state index contributed by atoms with van der Waals surface area (Å²) in [4.78, 5) is 12.0. The summed E-state index contributed by atoms with van der Waals surface area (Å²) in [6, 6.07) is 6.80. The highest BCUT2D eigenvalue weighted by molar-refractivity contribution is 9.10. The Kier molecular flexibility index (Phi) is 2.78. The Morgan fingerprint density at radius 1 is 1.44 bits per heavy atom. The molecule has 2 aromatic rings. The van der Waals surface area contributed by atoms with Gasteiger partial charge in [-0.1, -0.05) is 15.9 Å². The van der Waals surface area contributed by atoms with E-state index in [1.54, 1.807) is 42.2 Å². The molecule has 4 nitrogen and oxygen atoms in total. The molecule has 0 aliphatic rings. The summed E-state index contributed by atoms with van der Waals surface area (Å²) in [7, 11) is 1.77. The van der Waals surface area contributed by atoms with Crippen LogP contribution >= 0.6 is 15.9 Å². The van der Waals surface area contributed by atoms with Gasteiger partial charge in [-0.15, -0.1) is 0 Å². The van der Waals surface area contributed by atoms with Crippen molar-refractivity contribution in [1.29, 1.82) is 0 Å². The Balaban J connectivity index is 2.41. The number of hydrogen-bond acceptors (Lipinski definition) is 3. The maximum absolute atomic E-state index is 12.0. The van der Waals surface area contributed by atoms with Crippen LogP contribution in [-0.2, 0) is 7.05 Å². The topological polar surface area (TPSA) is 60.9 Å². The van der Waals surface area contributed by atoms with Gasteiger partial charge in [0.05, 0.1) is 0 Å². The van der Waals surface area contributed by atoms with Crippen LogP contribution in [0.25, 0.3) is 0 Å². The van der Waals surface area contributed by atoms with Gasteiger partial charge in [-0.25, -0.2) is 0 Å². The maximum Gasteiger partial charge on any atom is 0.213 e. The van der Waals surface area contributed by atoms with Gasteiger partial charge in [-0.3, -0.25) is 9.48 Å². The molecule has 2 rings (SSSR count). The average molecular weight is 280 g/mol. The minimum Gasteiger partial charge on any atom is -0.399 e. The lowest BCUT2D eigenvalue weighted by Crippen LogP contribution is -2.04. The molecule has 0 unspecified atom stereocenters. The zero-order valence-electron chi connectivity index (χ0n) is 8.64. The number of halogens is 1. The number of hydrogen-bond donors (Lipinski definition) is 1. The quantitative estimate of drug-likeness (QED) is 0.676. The Labute approximate surface area is 101 Å². The van der Waals surface area contributed by atoms with Crippen molar-refractivity contribution in [1.82, 2.24) is 9.78 Å². The molecule has 1 aromatic carbocycles. The number of anilines is 1. The van der Waals surface area contributed by atoms with Crippen LogP contribution in [0, 0.1) is 0 Å². The van der Waals surface area contributed by atoms with Gasteiger partial charge >= 0.3 is 0 Å². The van der Waals surface area contributed by atoms with E-state index >= 15 is 0 Å². The van der Waals surface area contributed by atoms with E-state index in [9.17, 15) is 4.79 Å². The number of carbonyl (C=O) groups excluding carboxylic acids is 1. The monoisotopic (exact) mass is 279 g/mol. The fraction of sp³-hybridized carbons (Fsp3) is 0.0909. The largest absolute Gasteiger partial charge is 0.399 e. The van der Waals surface area contributed by atoms with Gasteiger partial charge in [0.2, 0.25) is 5.78 Å². The lowest BCUT2D eigenvalue weighted by molar-refractivity contribution is 0.103. The first-order valence-corrected chi connectivity index (χ1v) is 5.46. The van der Waals surface area contributed by atoms with Gasteiger partial charge in [0.1, 0.15) is 5.69 Å². The number of nitrogens with zero attached hydrogens (tertiary/aromatic N) is 2. The summed E-state index contributed by atoms with van der Waals surface area (Å²) in [5.74, 6) is -0.131. The zero-order chi connectivity index (χ0) is 11.7. The number of carbonyl (C=O) groups is 1. The molecule has 0 aliphatic heterocycles. The molecule has 0 atom stereocenters. The standard InChI is InChI=1S/C11H10BrN3O/c1-15-3-2-10(14-15)11(16)7-4-8(12)6-9(13)5-7/h2-6H,13H2,1H3. The number of aryl methyl sites for hydroxylation is 1. The van der Waals surface area contributed by atoms with Crippen molar-refractivity contribution in [2.75, 3.05) is 5.73 Å². The van der Waals surface area contributed by atoms with Gasteiger partial charge in [0.25, 0.3) is 0 Å². The first-order chi connectivity index (χ1) is 7.56. The summed E-state index contributed by atoms with van der Waals surface area (Å²) in [5.41, 5.74) is 7.17. The lowest BCUT2D eigenvalue weighted by atomic mass is 10.1. The molecule has 0 bridgehead atoms. The molecule has 0 saturated heterocycles. The Morgan fingerprint density at radius 2 is 2.19 bits per heavy atom. The fourth-order valence-electron chi connectivity index (χ4n) is 1.43. The summed E-state index contributed by atoms with van der Waals surface area (Å²) < 4.78 is 2.38. The average Bonchev–Trinajstić information content (AvgIpc) is 2.62. The van der Waals surface area contributed by atoms with Crippen LogP contribution in [0.3, 0.4) is 0 Å². The van der Waals surface area contributed by atoms with Crippen LogP contribution in [-0.4, -0.2) is 15.6 Å². The minimum absolute atomic E-state index is 0.131. The first kappa shape index (κ1) is 10.9. The number of rotatable bonds is 2. The van der Waals surface area contributed by atoms with E-state index in [4.69, 9.17) is 5.73 Å². The van der Waals surface area contributed by atoms with Gasteiger partial charge < -0.3 is 5.73 Å². The van der Waals surface area contributed by atoms with Gasteiger partial charge in [0.15, 0.2) is 0 Å². The highest BCUT2D eigenvalue weighted by atomic mass is 79.9.